The Bertz CT molecular complexity index is 1020. The van der Waals surface area contributed by atoms with Gasteiger partial charge in [0, 0.05) is 32.4 Å². The number of hydrogen-bond donors (Lipinski definition) is 0. The van der Waals surface area contributed by atoms with Gasteiger partial charge >= 0.3 is 0 Å². The third kappa shape index (κ3) is 3.23. The maximum absolute atomic E-state index is 12.6. The molecule has 1 amide bonds. The number of hydrogen-bond acceptors (Lipinski definition) is 6. The van der Waals surface area contributed by atoms with E-state index in [1.807, 2.05) is 34.7 Å². The van der Waals surface area contributed by atoms with Crippen molar-refractivity contribution in [3.8, 4) is 0 Å². The van der Waals surface area contributed by atoms with Gasteiger partial charge in [0.1, 0.15) is 6.10 Å². The van der Waals surface area contributed by atoms with E-state index in [-0.39, 0.29) is 29.8 Å². The molecule has 1 aromatic heterocycles. The number of benzene rings is 1. The fourth-order valence-electron chi connectivity index (χ4n) is 4.36. The van der Waals surface area contributed by atoms with Gasteiger partial charge in [0.25, 0.3) is 0 Å². The van der Waals surface area contributed by atoms with Gasteiger partial charge in [-0.1, -0.05) is 30.3 Å². The molecule has 8 nitrogen and oxygen atoms in total. The van der Waals surface area contributed by atoms with Crippen LogP contribution in [0.15, 0.2) is 30.3 Å². The molecule has 152 valence electrons. The summed E-state index contributed by atoms with van der Waals surface area (Å²) in [6.45, 7) is 1.41. The number of aromatic nitrogens is 3. The Morgan fingerprint density at radius 1 is 1.21 bits per heavy atom. The molecule has 2 aromatic rings. The van der Waals surface area contributed by atoms with Crippen LogP contribution in [0.3, 0.4) is 0 Å². The van der Waals surface area contributed by atoms with Gasteiger partial charge < -0.3 is 18.9 Å². The van der Waals surface area contributed by atoms with Crippen molar-refractivity contribution in [3.05, 3.63) is 46.5 Å². The number of nitrogens with zero attached hydrogens (tertiary/aromatic N) is 4. The highest BCUT2D eigenvalue weighted by Gasteiger charge is 2.45. The van der Waals surface area contributed by atoms with Crippen LogP contribution in [0.5, 0.6) is 0 Å². The molecular weight excluding hydrogens is 392 g/mol. The number of carbonyl (C=O) groups is 2. The van der Waals surface area contributed by atoms with Gasteiger partial charge in [0.05, 0.1) is 19.2 Å². The van der Waals surface area contributed by atoms with Crippen LogP contribution in [0.25, 0.3) is 0 Å². The normalized spacial score (nSPS) is 29.1. The van der Waals surface area contributed by atoms with E-state index in [0.29, 0.717) is 43.1 Å². The summed E-state index contributed by atoms with van der Waals surface area (Å²) in [7, 11) is 1.84. The molecule has 3 aliphatic heterocycles. The minimum absolute atomic E-state index is 0.0849. The molecule has 3 saturated heterocycles. The summed E-state index contributed by atoms with van der Waals surface area (Å²) in [5, 5.41) is 4.67. The highest BCUT2D eigenvalue weighted by atomic mass is 32.1. The van der Waals surface area contributed by atoms with Crippen molar-refractivity contribution in [2.24, 2.45) is 7.05 Å². The van der Waals surface area contributed by atoms with E-state index < -0.39 is 6.29 Å². The fourth-order valence-corrected chi connectivity index (χ4v) is 4.65. The number of ether oxygens (including phenoxy) is 2. The van der Waals surface area contributed by atoms with Crippen molar-refractivity contribution >= 4 is 23.9 Å². The largest absolute Gasteiger partial charge is 0.343 e. The van der Waals surface area contributed by atoms with Gasteiger partial charge in [-0.05, 0) is 17.8 Å². The Morgan fingerprint density at radius 3 is 2.79 bits per heavy atom. The second-order valence-electron chi connectivity index (χ2n) is 7.87. The molecule has 0 aliphatic carbocycles. The minimum Gasteiger partial charge on any atom is -0.343 e. The molecule has 9 heteroatoms. The highest BCUT2D eigenvalue weighted by molar-refractivity contribution is 7.71. The minimum atomic E-state index is -0.745. The molecule has 29 heavy (non-hydrogen) atoms. The van der Waals surface area contributed by atoms with Crippen LogP contribution < -0.4 is 0 Å². The average molecular weight is 414 g/mol. The zero-order chi connectivity index (χ0) is 20.1. The molecule has 5 rings (SSSR count). The topological polar surface area (TPSA) is 78.6 Å². The van der Waals surface area contributed by atoms with E-state index in [1.165, 1.54) is 5.56 Å². The number of rotatable bonds is 4. The van der Waals surface area contributed by atoms with Crippen molar-refractivity contribution in [2.75, 3.05) is 13.2 Å². The summed E-state index contributed by atoms with van der Waals surface area (Å²) >= 11 is 5.57. The summed E-state index contributed by atoms with van der Waals surface area (Å²) in [5.74, 6) is 0.919. The Labute approximate surface area is 173 Å². The fraction of sp³-hybridized carbons (Fsp3) is 0.500. The van der Waals surface area contributed by atoms with Gasteiger partial charge in [-0.15, -0.1) is 0 Å². The van der Waals surface area contributed by atoms with Gasteiger partial charge in [0.15, 0.2) is 16.4 Å². The van der Waals surface area contributed by atoms with Crippen LogP contribution in [0.2, 0.25) is 0 Å². The van der Waals surface area contributed by atoms with Crippen molar-refractivity contribution in [1.82, 2.24) is 19.2 Å². The number of ketones is 1. The monoisotopic (exact) mass is 414 g/mol. The molecule has 0 spiro atoms. The van der Waals surface area contributed by atoms with Crippen LogP contribution in [0.4, 0.5) is 0 Å². The molecule has 0 radical (unpaired) electrons. The van der Waals surface area contributed by atoms with E-state index in [4.69, 9.17) is 21.7 Å². The first kappa shape index (κ1) is 18.7. The maximum atomic E-state index is 12.6. The molecule has 3 aliphatic rings. The third-order valence-corrected chi connectivity index (χ3v) is 6.50. The zero-order valence-electron chi connectivity index (χ0n) is 16.1. The zero-order valence-corrected chi connectivity index (χ0v) is 16.9. The van der Waals surface area contributed by atoms with Crippen LogP contribution >= 0.6 is 12.2 Å². The molecule has 1 aromatic carbocycles. The van der Waals surface area contributed by atoms with E-state index in [1.54, 1.807) is 4.68 Å². The second kappa shape index (κ2) is 7.16. The Morgan fingerprint density at radius 2 is 2.00 bits per heavy atom. The van der Waals surface area contributed by atoms with Gasteiger partial charge in [-0.2, -0.15) is 5.10 Å². The Hall–Kier alpha value is -2.36. The number of likely N-dealkylation sites (tertiary alicyclic amines) is 1. The first-order valence-electron chi connectivity index (χ1n) is 9.78. The molecule has 0 N–H and O–H groups in total. The van der Waals surface area contributed by atoms with E-state index in [2.05, 4.69) is 17.2 Å². The first-order chi connectivity index (χ1) is 14.0. The van der Waals surface area contributed by atoms with Crippen LogP contribution in [-0.2, 0) is 32.7 Å². The lowest BCUT2D eigenvalue weighted by atomic mass is 9.99. The van der Waals surface area contributed by atoms with Crippen molar-refractivity contribution in [3.63, 3.8) is 0 Å². The van der Waals surface area contributed by atoms with E-state index >= 15 is 0 Å². The first-order valence-corrected chi connectivity index (χ1v) is 10.2. The highest BCUT2D eigenvalue weighted by Crippen LogP contribution is 2.33. The summed E-state index contributed by atoms with van der Waals surface area (Å²) < 4.78 is 15.0. The maximum Gasteiger partial charge on any atom is 0.223 e. The predicted molar refractivity (Wildman–Crippen MR) is 105 cm³/mol. The van der Waals surface area contributed by atoms with Gasteiger partial charge in [-0.25, -0.2) is 4.68 Å². The SMILES string of the molecule is Cn1c(CN2C[C@H](c3ccccc3)CC2=O)nn([C@H]2CC(=O)[C@@H]3OC[C@H]2O3)c1=S. The van der Waals surface area contributed by atoms with Crippen LogP contribution in [0, 0.1) is 4.77 Å². The molecule has 3 fully saturated rings. The molecule has 4 atom stereocenters. The van der Waals surface area contributed by atoms with E-state index in [0.717, 1.165) is 0 Å². The summed E-state index contributed by atoms with van der Waals surface area (Å²) in [4.78, 5) is 26.6. The number of fused-ring (bicyclic) bond motifs is 2. The standard InChI is InChI=1S/C20H22N4O4S/c1-22-17(10-23-9-13(7-18(23)26)12-5-3-2-4-6-12)21-24(20(22)29)14-8-15(25)19-27-11-16(14)28-19/h2-6,13-14,16,19H,7-11H2,1H3/t13-,14+,16-,19-/m1/s1. The molecule has 0 unspecified atom stereocenters. The molecular formula is C20H22N4O4S. The van der Waals surface area contributed by atoms with Crippen LogP contribution in [0.1, 0.15) is 36.2 Å². The molecule has 0 saturated carbocycles. The van der Waals surface area contributed by atoms with Crippen LogP contribution in [-0.4, -0.2) is 56.5 Å². The number of carbonyl (C=O) groups excluding carboxylic acids is 2. The van der Waals surface area contributed by atoms with Gasteiger partial charge in [-0.3, -0.25) is 9.59 Å². The predicted octanol–water partition coefficient (Wildman–Crippen LogP) is 1.72. The number of Topliss-reactive ketones (excluding diaryl/α,β-unsaturated/α-hetero) is 1. The summed E-state index contributed by atoms with van der Waals surface area (Å²) in [5.41, 5.74) is 1.18. The van der Waals surface area contributed by atoms with Gasteiger partial charge in [0.2, 0.25) is 12.2 Å². The smallest absolute Gasteiger partial charge is 0.223 e. The Balaban J connectivity index is 1.36. The van der Waals surface area contributed by atoms with Crippen molar-refractivity contribution in [2.45, 2.75) is 43.7 Å². The molecule has 4 heterocycles. The quantitative estimate of drug-likeness (QED) is 0.709. The van der Waals surface area contributed by atoms with Crippen molar-refractivity contribution in [1.29, 1.82) is 0 Å². The Kier molecular flexibility index (Phi) is 4.60. The number of amides is 1. The van der Waals surface area contributed by atoms with Crippen molar-refractivity contribution < 1.29 is 19.1 Å². The van der Waals surface area contributed by atoms with E-state index in [9.17, 15) is 9.59 Å². The lowest BCUT2D eigenvalue weighted by Gasteiger charge is -2.26. The lowest BCUT2D eigenvalue weighted by Crippen LogP contribution is -2.37. The molecule has 2 bridgehead atoms. The lowest BCUT2D eigenvalue weighted by molar-refractivity contribution is -0.156. The third-order valence-electron chi connectivity index (χ3n) is 6.04. The summed E-state index contributed by atoms with van der Waals surface area (Å²) in [6, 6.07) is 9.83. The second-order valence-corrected chi connectivity index (χ2v) is 8.23. The average Bonchev–Trinajstić information content (AvgIpc) is 3.40. The summed E-state index contributed by atoms with van der Waals surface area (Å²) in [6.07, 6.45) is -0.187.